The van der Waals surface area contributed by atoms with E-state index in [0.29, 0.717) is 32.2 Å². The Labute approximate surface area is 137 Å². The standard InChI is InChI=1S/C16H22N2O3.ClH/c19-16(6-4-13-2-1-7-17-13)18-11-12-3-5-14-15(10-12)21-9-8-20-14;/h3,5,10,13,17H,1-2,4,6-9,11H2,(H,18,19);1H. The van der Waals surface area contributed by atoms with Gasteiger partial charge in [0.15, 0.2) is 11.5 Å². The van der Waals surface area contributed by atoms with Crippen LogP contribution in [0.25, 0.3) is 0 Å². The van der Waals surface area contributed by atoms with Crippen molar-refractivity contribution >= 4 is 18.3 Å². The van der Waals surface area contributed by atoms with Gasteiger partial charge < -0.3 is 20.1 Å². The highest BCUT2D eigenvalue weighted by Gasteiger charge is 2.15. The fourth-order valence-electron chi connectivity index (χ4n) is 2.80. The van der Waals surface area contributed by atoms with Crippen LogP contribution in [0.2, 0.25) is 0 Å². The van der Waals surface area contributed by atoms with Crippen LogP contribution in [0.4, 0.5) is 0 Å². The van der Waals surface area contributed by atoms with Crippen molar-refractivity contribution in [2.24, 2.45) is 0 Å². The van der Waals surface area contributed by atoms with E-state index in [9.17, 15) is 4.79 Å². The summed E-state index contributed by atoms with van der Waals surface area (Å²) in [5.74, 6) is 1.66. The Hall–Kier alpha value is -1.46. The molecule has 0 spiro atoms. The second kappa shape index (κ2) is 8.25. The number of fused-ring (bicyclic) bond motifs is 1. The van der Waals surface area contributed by atoms with Gasteiger partial charge in [-0.2, -0.15) is 0 Å². The zero-order valence-electron chi connectivity index (χ0n) is 12.6. The van der Waals surface area contributed by atoms with Gasteiger partial charge in [-0.05, 0) is 43.5 Å². The van der Waals surface area contributed by atoms with Gasteiger partial charge in [0.05, 0.1) is 0 Å². The monoisotopic (exact) mass is 326 g/mol. The summed E-state index contributed by atoms with van der Waals surface area (Å²) < 4.78 is 11.0. The first-order chi connectivity index (χ1) is 10.3. The van der Waals surface area contributed by atoms with Crippen LogP contribution in [0.5, 0.6) is 11.5 Å². The van der Waals surface area contributed by atoms with Crippen molar-refractivity contribution in [3.63, 3.8) is 0 Å². The quantitative estimate of drug-likeness (QED) is 0.869. The van der Waals surface area contributed by atoms with E-state index in [-0.39, 0.29) is 18.3 Å². The van der Waals surface area contributed by atoms with Crippen molar-refractivity contribution in [3.8, 4) is 11.5 Å². The Kier molecular flexibility index (Phi) is 6.34. The van der Waals surface area contributed by atoms with Gasteiger partial charge in [-0.1, -0.05) is 6.07 Å². The van der Waals surface area contributed by atoms with E-state index >= 15 is 0 Å². The number of nitrogens with one attached hydrogen (secondary N) is 2. The van der Waals surface area contributed by atoms with E-state index in [4.69, 9.17) is 9.47 Å². The van der Waals surface area contributed by atoms with Crippen LogP contribution in [0.15, 0.2) is 18.2 Å². The van der Waals surface area contributed by atoms with Crippen LogP contribution in [-0.2, 0) is 11.3 Å². The van der Waals surface area contributed by atoms with Crippen LogP contribution in [0.1, 0.15) is 31.2 Å². The van der Waals surface area contributed by atoms with E-state index in [0.717, 1.165) is 30.0 Å². The molecule has 1 aromatic carbocycles. The van der Waals surface area contributed by atoms with Gasteiger partial charge in [0.1, 0.15) is 13.2 Å². The predicted octanol–water partition coefficient (Wildman–Crippen LogP) is 2.03. The second-order valence-corrected chi connectivity index (χ2v) is 5.59. The number of hydrogen-bond acceptors (Lipinski definition) is 4. The third-order valence-corrected chi connectivity index (χ3v) is 3.98. The number of ether oxygens (including phenoxy) is 2. The fraction of sp³-hybridized carbons (Fsp3) is 0.562. The number of rotatable bonds is 5. The summed E-state index contributed by atoms with van der Waals surface area (Å²) in [6.07, 6.45) is 3.92. The number of benzene rings is 1. The van der Waals surface area contributed by atoms with Gasteiger partial charge >= 0.3 is 0 Å². The van der Waals surface area contributed by atoms with Crippen LogP contribution >= 0.6 is 12.4 Å². The molecule has 2 aliphatic rings. The van der Waals surface area contributed by atoms with Crippen molar-refractivity contribution in [1.29, 1.82) is 0 Å². The van der Waals surface area contributed by atoms with Gasteiger partial charge in [-0.25, -0.2) is 0 Å². The second-order valence-electron chi connectivity index (χ2n) is 5.59. The first kappa shape index (κ1) is 16.9. The Morgan fingerprint density at radius 2 is 2.09 bits per heavy atom. The molecule has 1 aromatic rings. The molecule has 0 aromatic heterocycles. The Bertz CT molecular complexity index is 504. The van der Waals surface area contributed by atoms with Crippen LogP contribution in [0.3, 0.4) is 0 Å². The van der Waals surface area contributed by atoms with Gasteiger partial charge in [-0.3, -0.25) is 4.79 Å². The topological polar surface area (TPSA) is 59.6 Å². The molecule has 22 heavy (non-hydrogen) atoms. The van der Waals surface area contributed by atoms with Gasteiger partial charge in [0.2, 0.25) is 5.91 Å². The molecule has 1 fully saturated rings. The highest BCUT2D eigenvalue weighted by Crippen LogP contribution is 2.30. The lowest BCUT2D eigenvalue weighted by Crippen LogP contribution is -2.27. The molecule has 0 radical (unpaired) electrons. The summed E-state index contributed by atoms with van der Waals surface area (Å²) in [6, 6.07) is 6.32. The van der Waals surface area contributed by atoms with Crippen LogP contribution in [0, 0.1) is 0 Å². The van der Waals surface area contributed by atoms with Crippen molar-refractivity contribution in [2.75, 3.05) is 19.8 Å². The maximum atomic E-state index is 11.9. The normalized spacial score (nSPS) is 19.4. The molecular weight excluding hydrogens is 304 g/mol. The van der Waals surface area contributed by atoms with E-state index < -0.39 is 0 Å². The number of carbonyl (C=O) groups excluding carboxylic acids is 1. The van der Waals surface area contributed by atoms with E-state index in [2.05, 4.69) is 10.6 Å². The average Bonchev–Trinajstić information content (AvgIpc) is 3.04. The molecule has 1 amide bonds. The summed E-state index contributed by atoms with van der Waals surface area (Å²) >= 11 is 0. The lowest BCUT2D eigenvalue weighted by molar-refractivity contribution is -0.121. The van der Waals surface area contributed by atoms with Gasteiger partial charge in [0, 0.05) is 19.0 Å². The van der Waals surface area contributed by atoms with Crippen LogP contribution in [-0.4, -0.2) is 31.7 Å². The van der Waals surface area contributed by atoms with Gasteiger partial charge in [-0.15, -0.1) is 12.4 Å². The summed E-state index contributed by atoms with van der Waals surface area (Å²) in [6.45, 7) is 2.80. The highest BCUT2D eigenvalue weighted by atomic mass is 35.5. The van der Waals surface area contributed by atoms with E-state index in [1.54, 1.807) is 0 Å². The average molecular weight is 327 g/mol. The molecule has 0 bridgehead atoms. The smallest absolute Gasteiger partial charge is 0.220 e. The van der Waals surface area contributed by atoms with Crippen molar-refractivity contribution in [2.45, 2.75) is 38.3 Å². The molecule has 6 heteroatoms. The summed E-state index contributed by atoms with van der Waals surface area (Å²) in [5, 5.41) is 6.38. The Morgan fingerprint density at radius 3 is 2.86 bits per heavy atom. The maximum absolute atomic E-state index is 11.9. The minimum absolute atomic E-state index is 0. The summed E-state index contributed by atoms with van der Waals surface area (Å²) in [4.78, 5) is 11.9. The predicted molar refractivity (Wildman–Crippen MR) is 86.8 cm³/mol. The van der Waals surface area contributed by atoms with E-state index in [1.165, 1.54) is 12.8 Å². The first-order valence-electron chi connectivity index (χ1n) is 7.70. The Morgan fingerprint density at radius 1 is 1.27 bits per heavy atom. The number of amides is 1. The highest BCUT2D eigenvalue weighted by molar-refractivity contribution is 5.85. The third kappa shape index (κ3) is 4.52. The van der Waals surface area contributed by atoms with Crippen molar-refractivity contribution < 1.29 is 14.3 Å². The molecule has 2 aliphatic heterocycles. The molecule has 2 N–H and O–H groups in total. The molecular formula is C16H23ClN2O3. The number of carbonyl (C=O) groups is 1. The molecule has 5 nitrogen and oxygen atoms in total. The number of halogens is 1. The molecule has 0 saturated carbocycles. The summed E-state index contributed by atoms with van der Waals surface area (Å²) in [7, 11) is 0. The molecule has 122 valence electrons. The minimum Gasteiger partial charge on any atom is -0.486 e. The molecule has 1 atom stereocenters. The summed E-state index contributed by atoms with van der Waals surface area (Å²) in [5.41, 5.74) is 1.03. The zero-order chi connectivity index (χ0) is 14.5. The van der Waals surface area contributed by atoms with Crippen molar-refractivity contribution in [3.05, 3.63) is 23.8 Å². The molecule has 1 unspecified atom stereocenters. The van der Waals surface area contributed by atoms with Crippen LogP contribution < -0.4 is 20.1 Å². The number of hydrogen-bond donors (Lipinski definition) is 2. The molecule has 1 saturated heterocycles. The molecule has 0 aliphatic carbocycles. The van der Waals surface area contributed by atoms with E-state index in [1.807, 2.05) is 18.2 Å². The lowest BCUT2D eigenvalue weighted by atomic mass is 10.1. The fourth-order valence-corrected chi connectivity index (χ4v) is 2.80. The first-order valence-corrected chi connectivity index (χ1v) is 7.70. The lowest BCUT2D eigenvalue weighted by Gasteiger charge is -2.19. The van der Waals surface area contributed by atoms with Gasteiger partial charge in [0.25, 0.3) is 0 Å². The molecule has 3 rings (SSSR count). The molecule has 2 heterocycles. The largest absolute Gasteiger partial charge is 0.486 e. The SMILES string of the molecule is Cl.O=C(CCC1CCCN1)NCc1ccc2c(c1)OCCO2. The van der Waals surface area contributed by atoms with Crippen molar-refractivity contribution in [1.82, 2.24) is 10.6 Å². The minimum atomic E-state index is 0. The Balaban J connectivity index is 0.00000176. The zero-order valence-corrected chi connectivity index (χ0v) is 13.4. The third-order valence-electron chi connectivity index (χ3n) is 3.98. The maximum Gasteiger partial charge on any atom is 0.220 e.